The maximum Gasteiger partial charge on any atom is 0.315 e. The van der Waals surface area contributed by atoms with Crippen molar-refractivity contribution < 1.29 is 9.90 Å². The van der Waals surface area contributed by atoms with Gasteiger partial charge in [-0.05, 0) is 24.0 Å². The molecule has 1 aromatic heterocycles. The zero-order chi connectivity index (χ0) is 17.1. The molecule has 0 aliphatic heterocycles. The van der Waals surface area contributed by atoms with Gasteiger partial charge in [0.2, 0.25) is 0 Å². The molecule has 3 atom stereocenters. The van der Waals surface area contributed by atoms with Crippen molar-refractivity contribution >= 4 is 6.03 Å². The molecule has 2 aromatic rings. The molecule has 0 bridgehead atoms. The average molecular weight is 328 g/mol. The number of aliphatic hydroxyl groups is 1. The summed E-state index contributed by atoms with van der Waals surface area (Å²) in [6.45, 7) is 5.42. The number of hydrogen-bond donors (Lipinski definition) is 3. The van der Waals surface area contributed by atoms with Gasteiger partial charge in [0.1, 0.15) is 5.82 Å². The molecule has 1 aliphatic rings. The second-order valence-corrected chi connectivity index (χ2v) is 6.53. The Morgan fingerprint density at radius 2 is 2.25 bits per heavy atom. The summed E-state index contributed by atoms with van der Waals surface area (Å²) in [7, 11) is 0. The molecule has 1 aliphatic carbocycles. The summed E-state index contributed by atoms with van der Waals surface area (Å²) in [5, 5.41) is 16.0. The second kappa shape index (κ2) is 7.05. The Hall–Kier alpha value is -2.34. The largest absolute Gasteiger partial charge is 0.390 e. The Bertz CT molecular complexity index is 713. The number of rotatable bonds is 5. The second-order valence-electron chi connectivity index (χ2n) is 6.53. The van der Waals surface area contributed by atoms with Crippen LogP contribution in [-0.4, -0.2) is 33.3 Å². The summed E-state index contributed by atoms with van der Waals surface area (Å²) in [6, 6.07) is 7.25. The standard InChI is InChI=1S/C18H24N4O2/c1-12(11-22-8-7-19-13(22)2)10-20-18(24)21-17-15-6-4-3-5-14(15)9-16(17)23/h3-8,12,16-17,23H,9-11H2,1-2H3,(H2,20,21,24). The molecular weight excluding hydrogens is 304 g/mol. The highest BCUT2D eigenvalue weighted by atomic mass is 16.3. The number of imidazole rings is 1. The van der Waals surface area contributed by atoms with E-state index in [0.29, 0.717) is 13.0 Å². The molecule has 0 saturated heterocycles. The van der Waals surface area contributed by atoms with Crippen molar-refractivity contribution in [3.8, 4) is 0 Å². The molecule has 3 rings (SSSR count). The molecule has 0 spiro atoms. The lowest BCUT2D eigenvalue weighted by Crippen LogP contribution is -2.42. The number of urea groups is 1. The Morgan fingerprint density at radius 3 is 3.00 bits per heavy atom. The first-order valence-corrected chi connectivity index (χ1v) is 8.32. The van der Waals surface area contributed by atoms with Gasteiger partial charge in [-0.1, -0.05) is 31.2 Å². The van der Waals surface area contributed by atoms with Crippen molar-refractivity contribution in [1.82, 2.24) is 20.2 Å². The maximum atomic E-state index is 12.2. The number of aromatic nitrogens is 2. The van der Waals surface area contributed by atoms with Crippen LogP contribution in [0, 0.1) is 12.8 Å². The van der Waals surface area contributed by atoms with E-state index in [4.69, 9.17) is 0 Å². The number of nitrogens with one attached hydrogen (secondary N) is 2. The van der Waals surface area contributed by atoms with Crippen LogP contribution >= 0.6 is 0 Å². The van der Waals surface area contributed by atoms with Crippen LogP contribution in [0.3, 0.4) is 0 Å². The van der Waals surface area contributed by atoms with Crippen LogP contribution in [0.25, 0.3) is 0 Å². The number of fused-ring (bicyclic) bond motifs is 1. The SMILES string of the molecule is Cc1nccn1CC(C)CNC(=O)NC1c2ccccc2CC1O. The number of hydrogen-bond acceptors (Lipinski definition) is 3. The third kappa shape index (κ3) is 3.59. The van der Waals surface area contributed by atoms with Gasteiger partial charge in [0.25, 0.3) is 0 Å². The van der Waals surface area contributed by atoms with Crippen molar-refractivity contribution in [2.75, 3.05) is 6.54 Å². The molecule has 2 amide bonds. The van der Waals surface area contributed by atoms with Gasteiger partial charge < -0.3 is 20.3 Å². The Balaban J connectivity index is 1.50. The van der Waals surface area contributed by atoms with E-state index in [1.807, 2.05) is 37.4 Å². The fraction of sp³-hybridized carbons (Fsp3) is 0.444. The lowest BCUT2D eigenvalue weighted by atomic mass is 10.1. The van der Waals surface area contributed by atoms with Crippen molar-refractivity contribution in [3.05, 3.63) is 53.6 Å². The summed E-state index contributed by atoms with van der Waals surface area (Å²) < 4.78 is 2.07. The molecule has 128 valence electrons. The van der Waals surface area contributed by atoms with E-state index < -0.39 is 6.10 Å². The van der Waals surface area contributed by atoms with Gasteiger partial charge in [-0.3, -0.25) is 0 Å². The monoisotopic (exact) mass is 328 g/mol. The van der Waals surface area contributed by atoms with Gasteiger partial charge in [0, 0.05) is 31.9 Å². The normalized spacial score (nSPS) is 20.5. The van der Waals surface area contributed by atoms with Crippen LogP contribution in [0.2, 0.25) is 0 Å². The third-order valence-corrected chi connectivity index (χ3v) is 4.53. The molecule has 6 heteroatoms. The van der Waals surface area contributed by atoms with Crippen molar-refractivity contribution in [2.45, 2.75) is 39.0 Å². The van der Waals surface area contributed by atoms with Crippen LogP contribution in [0.4, 0.5) is 4.79 Å². The minimum Gasteiger partial charge on any atom is -0.390 e. The molecule has 0 radical (unpaired) electrons. The van der Waals surface area contributed by atoms with Crippen LogP contribution in [0.5, 0.6) is 0 Å². The van der Waals surface area contributed by atoms with E-state index in [0.717, 1.165) is 23.5 Å². The number of carbonyl (C=O) groups excluding carboxylic acids is 1. The smallest absolute Gasteiger partial charge is 0.315 e. The van der Waals surface area contributed by atoms with Gasteiger partial charge in [-0.25, -0.2) is 9.78 Å². The molecule has 6 nitrogen and oxygen atoms in total. The van der Waals surface area contributed by atoms with Gasteiger partial charge in [-0.2, -0.15) is 0 Å². The average Bonchev–Trinajstić information content (AvgIpc) is 3.09. The van der Waals surface area contributed by atoms with Crippen LogP contribution in [0.1, 0.15) is 29.9 Å². The topological polar surface area (TPSA) is 79.2 Å². The molecule has 24 heavy (non-hydrogen) atoms. The van der Waals surface area contributed by atoms with E-state index in [1.165, 1.54) is 0 Å². The van der Waals surface area contributed by atoms with E-state index in [9.17, 15) is 9.90 Å². The highest BCUT2D eigenvalue weighted by Gasteiger charge is 2.31. The van der Waals surface area contributed by atoms with Crippen molar-refractivity contribution in [3.63, 3.8) is 0 Å². The fourth-order valence-electron chi connectivity index (χ4n) is 3.20. The zero-order valence-corrected chi connectivity index (χ0v) is 14.1. The molecule has 3 N–H and O–H groups in total. The number of amides is 2. The predicted molar refractivity (Wildman–Crippen MR) is 91.6 cm³/mol. The first kappa shape index (κ1) is 16.5. The minimum atomic E-state index is -0.570. The first-order valence-electron chi connectivity index (χ1n) is 8.32. The van der Waals surface area contributed by atoms with E-state index in [-0.39, 0.29) is 18.0 Å². The van der Waals surface area contributed by atoms with E-state index in [2.05, 4.69) is 27.1 Å². The lowest BCUT2D eigenvalue weighted by Gasteiger charge is -2.20. The molecule has 3 unspecified atom stereocenters. The molecule has 1 aromatic carbocycles. The highest BCUT2D eigenvalue weighted by molar-refractivity contribution is 5.74. The fourth-order valence-corrected chi connectivity index (χ4v) is 3.20. The summed E-state index contributed by atoms with van der Waals surface area (Å²) in [4.78, 5) is 16.4. The number of benzene rings is 1. The van der Waals surface area contributed by atoms with E-state index >= 15 is 0 Å². The molecule has 0 saturated carbocycles. The molecule has 1 heterocycles. The Kier molecular flexibility index (Phi) is 4.85. The summed E-state index contributed by atoms with van der Waals surface area (Å²) in [5.74, 6) is 1.25. The van der Waals surface area contributed by atoms with Gasteiger partial charge in [-0.15, -0.1) is 0 Å². The summed E-state index contributed by atoms with van der Waals surface area (Å²) >= 11 is 0. The molecule has 0 fully saturated rings. The number of nitrogens with zero attached hydrogens (tertiary/aromatic N) is 2. The van der Waals surface area contributed by atoms with Crippen LogP contribution in [0.15, 0.2) is 36.7 Å². The third-order valence-electron chi connectivity index (χ3n) is 4.53. The number of carbonyl (C=O) groups is 1. The Labute approximate surface area is 141 Å². The number of aryl methyl sites for hydroxylation is 1. The van der Waals surface area contributed by atoms with E-state index in [1.54, 1.807) is 6.20 Å². The quantitative estimate of drug-likeness (QED) is 0.783. The minimum absolute atomic E-state index is 0.245. The van der Waals surface area contributed by atoms with Crippen molar-refractivity contribution in [2.24, 2.45) is 5.92 Å². The Morgan fingerprint density at radius 1 is 1.46 bits per heavy atom. The first-order chi connectivity index (χ1) is 11.5. The number of aliphatic hydroxyl groups excluding tert-OH is 1. The lowest BCUT2D eigenvalue weighted by molar-refractivity contribution is 0.142. The predicted octanol–water partition coefficient (Wildman–Crippen LogP) is 1.79. The zero-order valence-electron chi connectivity index (χ0n) is 14.1. The van der Waals surface area contributed by atoms with Gasteiger partial charge in [0.05, 0.1) is 12.1 Å². The van der Waals surface area contributed by atoms with Crippen LogP contribution < -0.4 is 10.6 Å². The van der Waals surface area contributed by atoms with Gasteiger partial charge >= 0.3 is 6.03 Å². The highest BCUT2D eigenvalue weighted by Crippen LogP contribution is 2.30. The summed E-state index contributed by atoms with van der Waals surface area (Å²) in [5.41, 5.74) is 2.10. The van der Waals surface area contributed by atoms with Crippen LogP contribution in [-0.2, 0) is 13.0 Å². The molecular formula is C18H24N4O2. The van der Waals surface area contributed by atoms with Crippen molar-refractivity contribution in [1.29, 1.82) is 0 Å². The van der Waals surface area contributed by atoms with Gasteiger partial charge in [0.15, 0.2) is 0 Å². The maximum absolute atomic E-state index is 12.2. The summed E-state index contributed by atoms with van der Waals surface area (Å²) in [6.07, 6.45) is 3.73.